The van der Waals surface area contributed by atoms with Gasteiger partial charge in [0.1, 0.15) is 0 Å². The molecule has 1 aromatic carbocycles. The summed E-state index contributed by atoms with van der Waals surface area (Å²) in [6.07, 6.45) is 0.511. The van der Waals surface area contributed by atoms with Crippen LogP contribution in [0.5, 0.6) is 0 Å². The minimum atomic E-state index is -0.289. The molecule has 1 aromatic rings. The molecule has 0 fully saturated rings. The Kier molecular flexibility index (Phi) is 4.56. The average molecular weight is 322 g/mol. The zero-order chi connectivity index (χ0) is 10.6. The summed E-state index contributed by atoms with van der Waals surface area (Å²) < 4.78 is 5.80. The second-order valence-electron chi connectivity index (χ2n) is 2.68. The molecule has 1 N–H and O–H groups in total. The second kappa shape index (κ2) is 5.47. The lowest BCUT2D eigenvalue weighted by atomic mass is 10.1. The van der Waals surface area contributed by atoms with Crippen molar-refractivity contribution < 1.29 is 14.6 Å². The summed E-state index contributed by atoms with van der Waals surface area (Å²) in [5.74, 6) is -0.289. The summed E-state index contributed by atoms with van der Waals surface area (Å²) in [4.78, 5) is 11.3. The largest absolute Gasteiger partial charge is 0.467 e. The van der Waals surface area contributed by atoms with E-state index in [0.29, 0.717) is 11.8 Å². The molecule has 0 bridgehead atoms. The highest BCUT2D eigenvalue weighted by Gasteiger charge is 2.08. The standard InChI is InChI=1S/C9H11IO3Si/c10-8-3-6(9(12)13-5-14)1-2-7(8)4-11/h1-3,11H,4-5H2,14H3. The Labute approximate surface area is 99.0 Å². The molecule has 76 valence electrons. The summed E-state index contributed by atoms with van der Waals surface area (Å²) in [6.45, 7) is -0.00566. The first-order valence-corrected chi connectivity index (χ1v) is 6.74. The molecular weight excluding hydrogens is 311 g/mol. The highest BCUT2D eigenvalue weighted by Crippen LogP contribution is 2.15. The molecule has 0 heterocycles. The lowest BCUT2D eigenvalue weighted by molar-refractivity contribution is 0.0573. The Bertz CT molecular complexity index is 341. The van der Waals surface area contributed by atoms with Crippen LogP contribution in [0.25, 0.3) is 0 Å². The van der Waals surface area contributed by atoms with Crippen molar-refractivity contribution in [3.05, 3.63) is 32.9 Å². The first-order chi connectivity index (χ1) is 6.69. The van der Waals surface area contributed by atoms with Crippen molar-refractivity contribution in [2.45, 2.75) is 6.61 Å². The number of hydrogen-bond acceptors (Lipinski definition) is 3. The number of esters is 1. The topological polar surface area (TPSA) is 46.5 Å². The van der Waals surface area contributed by atoms with Gasteiger partial charge in [0.2, 0.25) is 0 Å². The summed E-state index contributed by atoms with van der Waals surface area (Å²) in [7, 11) is 0.850. The molecule has 1 rings (SSSR count). The molecule has 5 heteroatoms. The van der Waals surface area contributed by atoms with Gasteiger partial charge in [-0.15, -0.1) is 0 Å². The Balaban J connectivity index is 2.91. The maximum absolute atomic E-state index is 11.3. The second-order valence-corrected chi connectivity index (χ2v) is 4.42. The monoisotopic (exact) mass is 322 g/mol. The minimum absolute atomic E-state index is 0.00566. The fraction of sp³-hybridized carbons (Fsp3) is 0.222. The molecule has 0 aromatic heterocycles. The van der Waals surface area contributed by atoms with E-state index in [1.165, 1.54) is 0 Å². The number of halogens is 1. The van der Waals surface area contributed by atoms with Gasteiger partial charge in [-0.1, -0.05) is 6.07 Å². The van der Waals surface area contributed by atoms with Crippen molar-refractivity contribution in [1.82, 2.24) is 0 Å². The number of aliphatic hydroxyl groups is 1. The van der Waals surface area contributed by atoms with Crippen molar-refractivity contribution in [2.75, 3.05) is 6.23 Å². The van der Waals surface area contributed by atoms with Crippen LogP contribution in [0.2, 0.25) is 0 Å². The van der Waals surface area contributed by atoms with E-state index >= 15 is 0 Å². The lowest BCUT2D eigenvalue weighted by Gasteiger charge is -2.04. The van der Waals surface area contributed by atoms with Gasteiger partial charge in [-0.05, 0) is 40.3 Å². The van der Waals surface area contributed by atoms with Gasteiger partial charge in [-0.2, -0.15) is 0 Å². The van der Waals surface area contributed by atoms with E-state index in [9.17, 15) is 4.79 Å². The van der Waals surface area contributed by atoms with Gasteiger partial charge in [0, 0.05) is 3.57 Å². The van der Waals surface area contributed by atoms with Crippen LogP contribution < -0.4 is 0 Å². The molecular formula is C9H11IO3Si. The van der Waals surface area contributed by atoms with Crippen LogP contribution in [0, 0.1) is 3.57 Å². The van der Waals surface area contributed by atoms with Crippen LogP contribution in [-0.4, -0.2) is 27.5 Å². The van der Waals surface area contributed by atoms with Crippen molar-refractivity contribution in [2.24, 2.45) is 0 Å². The van der Waals surface area contributed by atoms with Gasteiger partial charge >= 0.3 is 5.97 Å². The van der Waals surface area contributed by atoms with E-state index in [4.69, 9.17) is 9.84 Å². The number of rotatable bonds is 3. The summed E-state index contributed by atoms with van der Waals surface area (Å²) in [5.41, 5.74) is 1.37. The fourth-order valence-corrected chi connectivity index (χ4v) is 1.96. The van der Waals surface area contributed by atoms with E-state index in [1.54, 1.807) is 18.2 Å². The maximum atomic E-state index is 11.3. The van der Waals surface area contributed by atoms with Gasteiger partial charge < -0.3 is 9.84 Å². The average Bonchev–Trinajstić information content (AvgIpc) is 2.18. The van der Waals surface area contributed by atoms with Gasteiger partial charge in [0.15, 0.2) is 0 Å². The van der Waals surface area contributed by atoms with E-state index < -0.39 is 0 Å². The molecule has 0 radical (unpaired) electrons. The van der Waals surface area contributed by atoms with Gasteiger partial charge in [-0.3, -0.25) is 0 Å². The van der Waals surface area contributed by atoms with Gasteiger partial charge in [0.25, 0.3) is 0 Å². The highest BCUT2D eigenvalue weighted by atomic mass is 127. The van der Waals surface area contributed by atoms with Gasteiger partial charge in [0.05, 0.1) is 28.6 Å². The van der Waals surface area contributed by atoms with Crippen LogP contribution >= 0.6 is 22.6 Å². The molecule has 0 saturated heterocycles. The van der Waals surface area contributed by atoms with E-state index in [-0.39, 0.29) is 12.6 Å². The summed E-state index contributed by atoms with van der Waals surface area (Å²) in [5, 5.41) is 8.94. The molecule has 3 nitrogen and oxygen atoms in total. The van der Waals surface area contributed by atoms with E-state index in [0.717, 1.165) is 19.4 Å². The number of benzene rings is 1. The number of carbonyl (C=O) groups is 1. The van der Waals surface area contributed by atoms with Gasteiger partial charge in [-0.25, -0.2) is 4.79 Å². The Morgan fingerprint density at radius 1 is 1.57 bits per heavy atom. The fourth-order valence-electron chi connectivity index (χ4n) is 1.02. The molecule has 0 aliphatic rings. The Morgan fingerprint density at radius 3 is 2.79 bits per heavy atom. The van der Waals surface area contributed by atoms with Crippen molar-refractivity contribution in [3.8, 4) is 0 Å². The first-order valence-electron chi connectivity index (χ1n) is 4.25. The molecule has 0 aliphatic carbocycles. The van der Waals surface area contributed by atoms with Crippen molar-refractivity contribution in [1.29, 1.82) is 0 Å². The number of ether oxygens (including phenoxy) is 1. The number of hydrogen-bond donors (Lipinski definition) is 1. The Hall–Kier alpha value is -0.403. The zero-order valence-electron chi connectivity index (χ0n) is 7.79. The lowest BCUT2D eigenvalue weighted by Crippen LogP contribution is -2.07. The molecule has 14 heavy (non-hydrogen) atoms. The third kappa shape index (κ3) is 2.79. The van der Waals surface area contributed by atoms with Crippen LogP contribution in [0.3, 0.4) is 0 Å². The molecule has 0 aliphatic heterocycles. The minimum Gasteiger partial charge on any atom is -0.467 e. The highest BCUT2D eigenvalue weighted by molar-refractivity contribution is 14.1. The molecule has 0 saturated carbocycles. The first kappa shape index (κ1) is 11.7. The molecule has 0 amide bonds. The third-order valence-corrected chi connectivity index (χ3v) is 3.03. The predicted molar refractivity (Wildman–Crippen MR) is 65.3 cm³/mol. The number of carbonyl (C=O) groups excluding carboxylic acids is 1. The molecule has 0 unspecified atom stereocenters. The molecule has 0 spiro atoms. The SMILES string of the molecule is O=C(OC[SiH3])c1ccc(CO)c(I)c1. The summed E-state index contributed by atoms with van der Waals surface area (Å²) in [6, 6.07) is 5.14. The van der Waals surface area contributed by atoms with Crippen molar-refractivity contribution >= 4 is 38.8 Å². The maximum Gasteiger partial charge on any atom is 0.337 e. The zero-order valence-corrected chi connectivity index (χ0v) is 11.9. The third-order valence-electron chi connectivity index (χ3n) is 1.73. The van der Waals surface area contributed by atoms with Crippen LogP contribution in [-0.2, 0) is 11.3 Å². The predicted octanol–water partition coefficient (Wildman–Crippen LogP) is 0.263. The van der Waals surface area contributed by atoms with Crippen LogP contribution in [0.15, 0.2) is 18.2 Å². The molecule has 0 atom stereocenters. The van der Waals surface area contributed by atoms with E-state index in [1.807, 2.05) is 0 Å². The Morgan fingerprint density at radius 2 is 2.29 bits per heavy atom. The van der Waals surface area contributed by atoms with Crippen molar-refractivity contribution in [3.63, 3.8) is 0 Å². The quantitative estimate of drug-likeness (QED) is 0.493. The van der Waals surface area contributed by atoms with E-state index in [2.05, 4.69) is 22.6 Å². The summed E-state index contributed by atoms with van der Waals surface area (Å²) >= 11 is 2.09. The van der Waals surface area contributed by atoms with Crippen LogP contribution in [0.1, 0.15) is 15.9 Å². The van der Waals surface area contributed by atoms with Crippen LogP contribution in [0.4, 0.5) is 0 Å². The number of aliphatic hydroxyl groups excluding tert-OH is 1. The smallest absolute Gasteiger partial charge is 0.337 e. The normalized spacial score (nSPS) is 10.1.